The Balaban J connectivity index is 2.17. The van der Waals surface area contributed by atoms with Crippen molar-refractivity contribution in [3.8, 4) is 0 Å². The molecule has 1 N–H and O–H groups in total. The van der Waals surface area contributed by atoms with Crippen molar-refractivity contribution in [1.29, 1.82) is 0 Å². The van der Waals surface area contributed by atoms with Gasteiger partial charge >= 0.3 is 11.9 Å². The molecule has 162 valence electrons. The lowest BCUT2D eigenvalue weighted by Gasteiger charge is -2.33. The number of benzene rings is 2. The van der Waals surface area contributed by atoms with E-state index in [1.165, 1.54) is 0 Å². The monoisotopic (exact) mass is 419 g/mol. The van der Waals surface area contributed by atoms with E-state index in [4.69, 9.17) is 9.47 Å². The SMILES string of the molecule is CCOC(=O)C1=C(Nc2ccc(C)cc2)C=C(C)[C@@H](C(=O)OCC)[C@H]1c1ccccc1. The van der Waals surface area contributed by atoms with Gasteiger partial charge in [0.25, 0.3) is 0 Å². The van der Waals surface area contributed by atoms with Crippen LogP contribution in [0.4, 0.5) is 5.69 Å². The number of esters is 2. The van der Waals surface area contributed by atoms with E-state index >= 15 is 0 Å². The van der Waals surface area contributed by atoms with Crippen LogP contribution in [0, 0.1) is 12.8 Å². The Hall–Kier alpha value is -3.34. The van der Waals surface area contributed by atoms with Gasteiger partial charge in [0.1, 0.15) is 0 Å². The lowest BCUT2D eigenvalue weighted by Crippen LogP contribution is -2.34. The highest BCUT2D eigenvalue weighted by atomic mass is 16.5. The zero-order valence-electron chi connectivity index (χ0n) is 18.5. The summed E-state index contributed by atoms with van der Waals surface area (Å²) < 4.78 is 10.8. The fraction of sp³-hybridized carbons (Fsp3) is 0.308. The summed E-state index contributed by atoms with van der Waals surface area (Å²) >= 11 is 0. The van der Waals surface area contributed by atoms with Crippen molar-refractivity contribution in [2.45, 2.75) is 33.6 Å². The van der Waals surface area contributed by atoms with Gasteiger partial charge < -0.3 is 14.8 Å². The summed E-state index contributed by atoms with van der Waals surface area (Å²) in [7, 11) is 0. The number of carbonyl (C=O) groups is 2. The molecule has 1 aliphatic rings. The van der Waals surface area contributed by atoms with Crippen molar-refractivity contribution >= 4 is 17.6 Å². The van der Waals surface area contributed by atoms with Gasteiger partial charge in [0.05, 0.1) is 24.7 Å². The van der Waals surface area contributed by atoms with Crippen LogP contribution in [0.25, 0.3) is 0 Å². The first-order valence-electron chi connectivity index (χ1n) is 10.6. The highest BCUT2D eigenvalue weighted by Crippen LogP contribution is 2.43. The van der Waals surface area contributed by atoms with Crippen molar-refractivity contribution in [2.24, 2.45) is 5.92 Å². The third-order valence-electron chi connectivity index (χ3n) is 5.32. The van der Waals surface area contributed by atoms with E-state index in [0.29, 0.717) is 11.3 Å². The van der Waals surface area contributed by atoms with Crippen LogP contribution < -0.4 is 5.32 Å². The van der Waals surface area contributed by atoms with Crippen LogP contribution >= 0.6 is 0 Å². The van der Waals surface area contributed by atoms with Crippen LogP contribution in [0.3, 0.4) is 0 Å². The largest absolute Gasteiger partial charge is 0.466 e. The first-order valence-corrected chi connectivity index (χ1v) is 10.6. The number of hydrogen-bond acceptors (Lipinski definition) is 5. The Labute approximate surface area is 183 Å². The summed E-state index contributed by atoms with van der Waals surface area (Å²) in [6.07, 6.45) is 1.85. The minimum Gasteiger partial charge on any atom is -0.466 e. The topological polar surface area (TPSA) is 64.6 Å². The van der Waals surface area contributed by atoms with Crippen molar-refractivity contribution in [3.63, 3.8) is 0 Å². The predicted octanol–water partition coefficient (Wildman–Crippen LogP) is 5.15. The van der Waals surface area contributed by atoms with E-state index in [1.54, 1.807) is 13.8 Å². The maximum absolute atomic E-state index is 13.2. The first kappa shape index (κ1) is 22.3. The van der Waals surface area contributed by atoms with Gasteiger partial charge in [-0.2, -0.15) is 0 Å². The summed E-state index contributed by atoms with van der Waals surface area (Å²) in [6.45, 7) is 7.99. The lowest BCUT2D eigenvalue weighted by atomic mass is 9.72. The molecule has 5 heteroatoms. The summed E-state index contributed by atoms with van der Waals surface area (Å²) in [5, 5.41) is 3.37. The molecule has 0 aromatic heterocycles. The molecular formula is C26H29NO4. The Morgan fingerprint density at radius 2 is 1.55 bits per heavy atom. The zero-order chi connectivity index (χ0) is 22.4. The number of anilines is 1. The third-order valence-corrected chi connectivity index (χ3v) is 5.32. The predicted molar refractivity (Wildman–Crippen MR) is 122 cm³/mol. The van der Waals surface area contributed by atoms with Crippen molar-refractivity contribution in [3.05, 3.63) is 88.6 Å². The Bertz CT molecular complexity index is 990. The van der Waals surface area contributed by atoms with Crippen molar-refractivity contribution in [2.75, 3.05) is 18.5 Å². The minimum atomic E-state index is -0.606. The molecular weight excluding hydrogens is 390 g/mol. The van der Waals surface area contributed by atoms with Crippen LogP contribution in [0.1, 0.15) is 37.8 Å². The Morgan fingerprint density at radius 1 is 0.903 bits per heavy atom. The minimum absolute atomic E-state index is 0.244. The third kappa shape index (κ3) is 5.05. The zero-order valence-corrected chi connectivity index (χ0v) is 18.5. The highest BCUT2D eigenvalue weighted by Gasteiger charge is 2.42. The number of carbonyl (C=O) groups excluding carboxylic acids is 2. The molecule has 0 bridgehead atoms. The molecule has 0 radical (unpaired) electrons. The molecule has 2 atom stereocenters. The molecule has 0 unspecified atom stereocenters. The number of nitrogens with one attached hydrogen (secondary N) is 1. The van der Waals surface area contributed by atoms with Crippen LogP contribution in [0.15, 0.2) is 77.5 Å². The summed E-state index contributed by atoms with van der Waals surface area (Å²) in [6, 6.07) is 17.5. The average molecular weight is 420 g/mol. The molecule has 0 aliphatic heterocycles. The van der Waals surface area contributed by atoms with Gasteiger partial charge in [-0.25, -0.2) is 4.79 Å². The number of ether oxygens (including phenoxy) is 2. The molecule has 0 heterocycles. The number of hydrogen-bond donors (Lipinski definition) is 1. The summed E-state index contributed by atoms with van der Waals surface area (Å²) in [4.78, 5) is 26.1. The van der Waals surface area contributed by atoms with Gasteiger partial charge in [0.15, 0.2) is 0 Å². The fourth-order valence-corrected chi connectivity index (χ4v) is 3.91. The second kappa shape index (κ2) is 10.1. The van der Waals surface area contributed by atoms with Crippen LogP contribution in [-0.2, 0) is 19.1 Å². The summed E-state index contributed by atoms with van der Waals surface area (Å²) in [5.41, 5.74) is 4.75. The molecule has 2 aromatic carbocycles. The van der Waals surface area contributed by atoms with E-state index in [2.05, 4.69) is 5.32 Å². The van der Waals surface area contributed by atoms with Crippen molar-refractivity contribution < 1.29 is 19.1 Å². The molecule has 2 aromatic rings. The number of rotatable bonds is 7. The maximum atomic E-state index is 13.2. The molecule has 0 saturated carbocycles. The van der Waals surface area contributed by atoms with Gasteiger partial charge in [-0.3, -0.25) is 4.79 Å². The molecule has 5 nitrogen and oxygen atoms in total. The van der Waals surface area contributed by atoms with Gasteiger partial charge in [-0.1, -0.05) is 53.6 Å². The van der Waals surface area contributed by atoms with Crippen LogP contribution in [0.2, 0.25) is 0 Å². The van der Waals surface area contributed by atoms with Crippen molar-refractivity contribution in [1.82, 2.24) is 0 Å². The quantitative estimate of drug-likeness (QED) is 0.629. The maximum Gasteiger partial charge on any atom is 0.336 e. The molecule has 0 saturated heterocycles. The molecule has 3 rings (SSSR count). The van der Waals surface area contributed by atoms with Crippen LogP contribution in [-0.4, -0.2) is 25.2 Å². The number of aryl methyl sites for hydroxylation is 1. The smallest absolute Gasteiger partial charge is 0.336 e. The lowest BCUT2D eigenvalue weighted by molar-refractivity contribution is -0.147. The van der Waals surface area contributed by atoms with Gasteiger partial charge in [0, 0.05) is 17.3 Å². The second-order valence-electron chi connectivity index (χ2n) is 7.55. The Kier molecular flexibility index (Phi) is 7.29. The fourth-order valence-electron chi connectivity index (χ4n) is 3.91. The van der Waals surface area contributed by atoms with E-state index in [0.717, 1.165) is 22.4 Å². The van der Waals surface area contributed by atoms with E-state index in [-0.39, 0.29) is 19.2 Å². The van der Waals surface area contributed by atoms with Crippen LogP contribution in [0.5, 0.6) is 0 Å². The Morgan fingerprint density at radius 3 is 2.16 bits per heavy atom. The highest BCUT2D eigenvalue weighted by molar-refractivity contribution is 5.95. The van der Waals surface area contributed by atoms with Gasteiger partial charge in [-0.15, -0.1) is 0 Å². The standard InChI is InChI=1S/C26H29NO4/c1-5-30-25(28)22-18(4)16-21(27-20-14-12-17(3)13-15-20)24(26(29)31-6-2)23(22)19-10-8-7-9-11-19/h7-16,22-23,27H,5-6H2,1-4H3/t22-,23-/m1/s1. The molecule has 1 aliphatic carbocycles. The average Bonchev–Trinajstić information content (AvgIpc) is 2.75. The summed E-state index contributed by atoms with van der Waals surface area (Å²) in [5.74, 6) is -1.91. The van der Waals surface area contributed by atoms with Gasteiger partial charge in [-0.05, 0) is 51.5 Å². The molecule has 31 heavy (non-hydrogen) atoms. The van der Waals surface area contributed by atoms with E-state index in [1.807, 2.05) is 74.5 Å². The second-order valence-corrected chi connectivity index (χ2v) is 7.55. The molecule has 0 spiro atoms. The molecule has 0 amide bonds. The normalized spacial score (nSPS) is 18.3. The number of allylic oxidation sites excluding steroid dienone is 1. The molecule has 0 fully saturated rings. The van der Waals surface area contributed by atoms with Gasteiger partial charge in [0.2, 0.25) is 0 Å². The van der Waals surface area contributed by atoms with E-state index < -0.39 is 17.8 Å². The first-order chi connectivity index (χ1) is 15.0. The van der Waals surface area contributed by atoms with E-state index in [9.17, 15) is 9.59 Å².